The molecule has 0 aliphatic carbocycles. The predicted octanol–water partition coefficient (Wildman–Crippen LogP) is 2.64. The molecule has 0 spiro atoms. The zero-order chi connectivity index (χ0) is 9.26. The van der Waals surface area contributed by atoms with Crippen LogP contribution < -0.4 is 0 Å². The fourth-order valence-corrected chi connectivity index (χ4v) is 2.00. The minimum absolute atomic E-state index is 0.0766. The molecule has 1 aromatic rings. The Kier molecular flexibility index (Phi) is 2.83. The van der Waals surface area contributed by atoms with Gasteiger partial charge < -0.3 is 0 Å². The van der Waals surface area contributed by atoms with E-state index in [1.165, 1.54) is 6.42 Å². The summed E-state index contributed by atoms with van der Waals surface area (Å²) >= 11 is 2.21. The van der Waals surface area contributed by atoms with Crippen molar-refractivity contribution < 1.29 is 4.39 Å². The molecule has 0 atom stereocenters. The summed E-state index contributed by atoms with van der Waals surface area (Å²) in [6.07, 6.45) is 1.26. The molecule has 1 saturated heterocycles. The smallest absolute Gasteiger partial charge is 0.127 e. The van der Waals surface area contributed by atoms with Gasteiger partial charge in [0.25, 0.3) is 0 Å². The van der Waals surface area contributed by atoms with Crippen LogP contribution in [0.2, 0.25) is 0 Å². The van der Waals surface area contributed by atoms with Gasteiger partial charge in [0.15, 0.2) is 0 Å². The molecule has 2 rings (SSSR count). The van der Waals surface area contributed by atoms with Gasteiger partial charge in [-0.2, -0.15) is 0 Å². The van der Waals surface area contributed by atoms with Crippen molar-refractivity contribution in [2.75, 3.05) is 13.1 Å². The van der Waals surface area contributed by atoms with Gasteiger partial charge in [-0.1, -0.05) is 0 Å². The average Bonchev–Trinajstić information content (AvgIpc) is 2.03. The van der Waals surface area contributed by atoms with Crippen LogP contribution in [0.3, 0.4) is 0 Å². The molecule has 3 heteroatoms. The topological polar surface area (TPSA) is 3.24 Å². The minimum Gasteiger partial charge on any atom is -0.299 e. The molecule has 13 heavy (non-hydrogen) atoms. The SMILES string of the molecule is Fc1ccc(I)cc1CN1CCC1. The molecule has 0 bridgehead atoms. The highest BCUT2D eigenvalue weighted by molar-refractivity contribution is 14.1. The molecule has 1 aliphatic heterocycles. The van der Waals surface area contributed by atoms with Crippen LogP contribution >= 0.6 is 22.6 Å². The first-order chi connectivity index (χ1) is 6.25. The lowest BCUT2D eigenvalue weighted by atomic mass is 10.1. The van der Waals surface area contributed by atoms with Crippen LogP contribution in [-0.4, -0.2) is 18.0 Å². The molecule has 70 valence electrons. The minimum atomic E-state index is -0.0766. The van der Waals surface area contributed by atoms with Crippen LogP contribution in [0.25, 0.3) is 0 Å². The van der Waals surface area contributed by atoms with Crippen LogP contribution in [0.1, 0.15) is 12.0 Å². The van der Waals surface area contributed by atoms with E-state index in [1.807, 2.05) is 6.07 Å². The first-order valence-electron chi connectivity index (χ1n) is 4.42. The lowest BCUT2D eigenvalue weighted by molar-refractivity contribution is 0.170. The maximum atomic E-state index is 13.3. The van der Waals surface area contributed by atoms with Crippen molar-refractivity contribution in [1.82, 2.24) is 4.90 Å². The molecule has 0 N–H and O–H groups in total. The first kappa shape index (κ1) is 9.40. The van der Waals surface area contributed by atoms with E-state index < -0.39 is 0 Å². The van der Waals surface area contributed by atoms with E-state index in [4.69, 9.17) is 0 Å². The fourth-order valence-electron chi connectivity index (χ4n) is 1.45. The molecule has 0 unspecified atom stereocenters. The summed E-state index contributed by atoms with van der Waals surface area (Å²) in [5.74, 6) is -0.0766. The lowest BCUT2D eigenvalue weighted by Gasteiger charge is -2.30. The van der Waals surface area contributed by atoms with Gasteiger partial charge >= 0.3 is 0 Å². The Balaban J connectivity index is 2.13. The number of likely N-dealkylation sites (tertiary alicyclic amines) is 1. The lowest BCUT2D eigenvalue weighted by Crippen LogP contribution is -2.36. The molecule has 0 saturated carbocycles. The molecular formula is C10H11FIN. The summed E-state index contributed by atoms with van der Waals surface area (Å²) in [4.78, 5) is 2.26. The van der Waals surface area contributed by atoms with Gasteiger partial charge in [-0.3, -0.25) is 4.90 Å². The highest BCUT2D eigenvalue weighted by atomic mass is 127. The highest BCUT2D eigenvalue weighted by Gasteiger charge is 2.15. The average molecular weight is 291 g/mol. The molecule has 0 aromatic heterocycles. The zero-order valence-electron chi connectivity index (χ0n) is 7.26. The molecule has 1 aromatic carbocycles. The Bertz CT molecular complexity index is 310. The zero-order valence-corrected chi connectivity index (χ0v) is 9.42. The summed E-state index contributed by atoms with van der Waals surface area (Å²) in [6, 6.07) is 5.28. The van der Waals surface area contributed by atoms with Crippen molar-refractivity contribution in [2.45, 2.75) is 13.0 Å². The van der Waals surface area contributed by atoms with Gasteiger partial charge in [-0.25, -0.2) is 4.39 Å². The second-order valence-corrected chi connectivity index (χ2v) is 4.61. The molecule has 1 fully saturated rings. The molecular weight excluding hydrogens is 280 g/mol. The van der Waals surface area contributed by atoms with Crippen LogP contribution in [0.15, 0.2) is 18.2 Å². The third-order valence-corrected chi connectivity index (χ3v) is 3.02. The van der Waals surface area contributed by atoms with Gasteiger partial charge in [0.2, 0.25) is 0 Å². The number of rotatable bonds is 2. The highest BCUT2D eigenvalue weighted by Crippen LogP contribution is 2.17. The van der Waals surface area contributed by atoms with Gasteiger partial charge in [0, 0.05) is 15.7 Å². The number of nitrogens with zero attached hydrogens (tertiary/aromatic N) is 1. The van der Waals surface area contributed by atoms with Crippen molar-refractivity contribution in [3.63, 3.8) is 0 Å². The number of hydrogen-bond acceptors (Lipinski definition) is 1. The van der Waals surface area contributed by atoms with Crippen LogP contribution in [0.4, 0.5) is 4.39 Å². The van der Waals surface area contributed by atoms with Crippen molar-refractivity contribution in [1.29, 1.82) is 0 Å². The van der Waals surface area contributed by atoms with E-state index in [0.29, 0.717) is 0 Å². The van der Waals surface area contributed by atoms with Crippen LogP contribution in [-0.2, 0) is 6.54 Å². The molecule has 0 radical (unpaired) electrons. The standard InChI is InChI=1S/C10H11FIN/c11-10-3-2-9(12)6-8(10)7-13-4-1-5-13/h2-3,6H,1,4-5,7H2. The van der Waals surface area contributed by atoms with Gasteiger partial charge in [0.05, 0.1) is 0 Å². The Labute approximate surface area is 91.1 Å². The summed E-state index contributed by atoms with van der Waals surface area (Å²) in [7, 11) is 0. The number of halogens is 2. The normalized spacial score (nSPS) is 17.1. The summed E-state index contributed by atoms with van der Waals surface area (Å²) in [5.41, 5.74) is 0.826. The van der Waals surface area contributed by atoms with Crippen LogP contribution in [0, 0.1) is 9.39 Å². The predicted molar refractivity (Wildman–Crippen MR) is 59.0 cm³/mol. The second kappa shape index (κ2) is 3.92. The van der Waals surface area contributed by atoms with E-state index in [9.17, 15) is 4.39 Å². The number of benzene rings is 1. The monoisotopic (exact) mass is 291 g/mol. The Morgan fingerprint density at radius 2 is 2.15 bits per heavy atom. The molecule has 1 heterocycles. The van der Waals surface area contributed by atoms with Crippen molar-refractivity contribution >= 4 is 22.6 Å². The third-order valence-electron chi connectivity index (χ3n) is 2.35. The maximum Gasteiger partial charge on any atom is 0.127 e. The number of hydrogen-bond donors (Lipinski definition) is 0. The largest absolute Gasteiger partial charge is 0.299 e. The van der Waals surface area contributed by atoms with Gasteiger partial charge in [-0.15, -0.1) is 0 Å². The fraction of sp³-hybridized carbons (Fsp3) is 0.400. The van der Waals surface area contributed by atoms with Gasteiger partial charge in [-0.05, 0) is 60.3 Å². The summed E-state index contributed by atoms with van der Waals surface area (Å²) in [6.45, 7) is 3.00. The van der Waals surface area contributed by atoms with E-state index in [1.54, 1.807) is 12.1 Å². The Morgan fingerprint density at radius 3 is 2.77 bits per heavy atom. The van der Waals surface area contributed by atoms with Crippen molar-refractivity contribution in [3.8, 4) is 0 Å². The Hall–Kier alpha value is -0.160. The molecule has 1 aliphatic rings. The van der Waals surface area contributed by atoms with Gasteiger partial charge in [0.1, 0.15) is 5.82 Å². The molecule has 0 amide bonds. The molecule has 1 nitrogen and oxygen atoms in total. The van der Waals surface area contributed by atoms with E-state index in [-0.39, 0.29) is 5.82 Å². The van der Waals surface area contributed by atoms with Crippen molar-refractivity contribution in [2.24, 2.45) is 0 Å². The quantitative estimate of drug-likeness (QED) is 0.757. The summed E-state index contributed by atoms with van der Waals surface area (Å²) in [5, 5.41) is 0. The first-order valence-corrected chi connectivity index (χ1v) is 5.50. The van der Waals surface area contributed by atoms with Crippen LogP contribution in [0.5, 0.6) is 0 Å². The second-order valence-electron chi connectivity index (χ2n) is 3.37. The summed E-state index contributed by atoms with van der Waals surface area (Å²) < 4.78 is 14.4. The van der Waals surface area contributed by atoms with E-state index >= 15 is 0 Å². The van der Waals surface area contributed by atoms with E-state index in [2.05, 4.69) is 27.5 Å². The van der Waals surface area contributed by atoms with Crippen molar-refractivity contribution in [3.05, 3.63) is 33.1 Å². The third kappa shape index (κ3) is 2.20. The van der Waals surface area contributed by atoms with E-state index in [0.717, 1.165) is 28.8 Å². The Morgan fingerprint density at radius 1 is 1.38 bits per heavy atom. The maximum absolute atomic E-state index is 13.3.